The first kappa shape index (κ1) is 20.3. The fourth-order valence-corrected chi connectivity index (χ4v) is 2.39. The molecule has 0 unspecified atom stereocenters. The van der Waals surface area contributed by atoms with E-state index >= 15 is 0 Å². The van der Waals surface area contributed by atoms with Gasteiger partial charge in [0.25, 0.3) is 0 Å². The maximum Gasteiger partial charge on any atom is 0.534 e. The number of carbonyl (C=O) groups is 1. The molecule has 0 N–H and O–H groups in total. The Balaban J connectivity index is 3.09. The molecule has 1 aromatic carbocycles. The first-order valence-electron chi connectivity index (χ1n) is 6.91. The Morgan fingerprint density at radius 2 is 1.46 bits per heavy atom. The minimum absolute atomic E-state index is 0.461. The molecule has 0 atom stereocenters. The summed E-state index contributed by atoms with van der Waals surface area (Å²) in [6.45, 7) is 8.26. The minimum Gasteiger partial charge on any atom is -0.459 e. The summed E-state index contributed by atoms with van der Waals surface area (Å²) in [5.74, 6) is -0.929. The molecule has 0 saturated carbocycles. The highest BCUT2D eigenvalue weighted by molar-refractivity contribution is 7.88. The van der Waals surface area contributed by atoms with E-state index in [1.807, 2.05) is 0 Å². The zero-order valence-corrected chi connectivity index (χ0v) is 14.7. The van der Waals surface area contributed by atoms with Crippen molar-refractivity contribution in [3.05, 3.63) is 29.8 Å². The molecule has 0 radical (unpaired) electrons. The lowest BCUT2D eigenvalue weighted by Crippen LogP contribution is -2.46. The topological polar surface area (TPSA) is 69.7 Å². The van der Waals surface area contributed by atoms with Gasteiger partial charge in [0.2, 0.25) is 0 Å². The maximum absolute atomic E-state index is 12.3. The molecule has 0 heterocycles. The highest BCUT2D eigenvalue weighted by Gasteiger charge is 2.48. The van der Waals surface area contributed by atoms with Gasteiger partial charge in [0.15, 0.2) is 0 Å². The Labute approximate surface area is 138 Å². The van der Waals surface area contributed by atoms with Gasteiger partial charge in [-0.3, -0.25) is 4.79 Å². The number of carbonyl (C=O) groups excluding carboxylic acids is 1. The van der Waals surface area contributed by atoms with Crippen molar-refractivity contribution in [2.24, 2.45) is 0 Å². The Hall–Kier alpha value is -1.77. The molecular formula is C15H19F3O5S. The predicted octanol–water partition coefficient (Wildman–Crippen LogP) is 3.53. The van der Waals surface area contributed by atoms with E-state index in [1.54, 1.807) is 27.7 Å². The van der Waals surface area contributed by atoms with Crippen LogP contribution in [0.15, 0.2) is 24.3 Å². The predicted molar refractivity (Wildman–Crippen MR) is 80.9 cm³/mol. The van der Waals surface area contributed by atoms with Gasteiger partial charge in [0.05, 0.1) is 0 Å². The number of ether oxygens (including phenoxy) is 1. The van der Waals surface area contributed by atoms with Crippen LogP contribution in [0.25, 0.3) is 0 Å². The molecule has 24 heavy (non-hydrogen) atoms. The molecule has 1 rings (SSSR count). The summed E-state index contributed by atoms with van der Waals surface area (Å²) < 4.78 is 68.2. The Morgan fingerprint density at radius 1 is 1.00 bits per heavy atom. The van der Waals surface area contributed by atoms with Crippen molar-refractivity contribution in [2.75, 3.05) is 0 Å². The minimum atomic E-state index is -5.71. The fraction of sp³-hybridized carbons (Fsp3) is 0.533. The lowest BCUT2D eigenvalue weighted by atomic mass is 9.72. The van der Waals surface area contributed by atoms with Gasteiger partial charge in [-0.15, -0.1) is 0 Å². The van der Waals surface area contributed by atoms with Crippen LogP contribution >= 0.6 is 0 Å². The number of halogens is 3. The molecule has 5 nitrogen and oxygen atoms in total. The second-order valence-electron chi connectivity index (χ2n) is 6.24. The quantitative estimate of drug-likeness (QED) is 0.452. The first-order chi connectivity index (χ1) is 10.6. The van der Waals surface area contributed by atoms with E-state index in [-0.39, 0.29) is 0 Å². The van der Waals surface area contributed by atoms with Crippen molar-refractivity contribution in [1.29, 1.82) is 0 Å². The van der Waals surface area contributed by atoms with E-state index in [0.717, 1.165) is 12.1 Å². The summed E-state index contributed by atoms with van der Waals surface area (Å²) in [5.41, 5.74) is -6.47. The van der Waals surface area contributed by atoms with Gasteiger partial charge in [-0.25, -0.2) is 0 Å². The second kappa shape index (κ2) is 6.27. The molecule has 0 aliphatic rings. The van der Waals surface area contributed by atoms with E-state index in [2.05, 4.69) is 4.18 Å². The number of hydrogen-bond donors (Lipinski definition) is 0. The summed E-state index contributed by atoms with van der Waals surface area (Å²) in [7, 11) is -5.71. The van der Waals surface area contributed by atoms with Gasteiger partial charge in [-0.2, -0.15) is 21.6 Å². The Kier molecular flexibility index (Phi) is 5.30. The van der Waals surface area contributed by atoms with E-state index in [4.69, 9.17) is 4.74 Å². The van der Waals surface area contributed by atoms with E-state index < -0.39 is 38.4 Å². The second-order valence-corrected chi connectivity index (χ2v) is 7.77. The monoisotopic (exact) mass is 368 g/mol. The molecule has 9 heteroatoms. The van der Waals surface area contributed by atoms with Crippen molar-refractivity contribution in [1.82, 2.24) is 0 Å². The van der Waals surface area contributed by atoms with Crippen molar-refractivity contribution < 1.29 is 35.3 Å². The first-order valence-corrected chi connectivity index (χ1v) is 8.32. The number of esters is 1. The molecule has 0 aliphatic heterocycles. The molecule has 0 bridgehead atoms. The average molecular weight is 368 g/mol. The summed E-state index contributed by atoms with van der Waals surface area (Å²) in [6.07, 6.45) is 0. The average Bonchev–Trinajstić information content (AvgIpc) is 2.35. The Morgan fingerprint density at radius 3 is 1.83 bits per heavy atom. The fourth-order valence-electron chi connectivity index (χ4n) is 1.94. The number of benzene rings is 1. The highest BCUT2D eigenvalue weighted by Crippen LogP contribution is 2.38. The number of rotatable bonds is 5. The summed E-state index contributed by atoms with van der Waals surface area (Å²) in [4.78, 5) is 11.2. The lowest BCUT2D eigenvalue weighted by molar-refractivity contribution is -0.159. The number of alkyl halides is 3. The van der Waals surface area contributed by atoms with Gasteiger partial charge < -0.3 is 8.92 Å². The van der Waals surface area contributed by atoms with Crippen LogP contribution < -0.4 is 4.18 Å². The van der Waals surface area contributed by atoms with Crippen LogP contribution in [-0.4, -0.2) is 25.5 Å². The van der Waals surface area contributed by atoms with Gasteiger partial charge in [-0.05, 0) is 31.5 Å². The van der Waals surface area contributed by atoms with E-state index in [0.29, 0.717) is 5.56 Å². The molecule has 136 valence electrons. The van der Waals surface area contributed by atoms with Gasteiger partial charge in [-0.1, -0.05) is 26.0 Å². The van der Waals surface area contributed by atoms with E-state index in [1.165, 1.54) is 19.1 Å². The van der Waals surface area contributed by atoms with Crippen LogP contribution in [0, 0.1) is 0 Å². The normalized spacial score (nSPS) is 13.5. The molecule has 0 saturated heterocycles. The van der Waals surface area contributed by atoms with E-state index in [9.17, 15) is 26.4 Å². The van der Waals surface area contributed by atoms with Crippen LogP contribution in [0.5, 0.6) is 5.75 Å². The van der Waals surface area contributed by atoms with Crippen molar-refractivity contribution in [3.63, 3.8) is 0 Å². The molecule has 0 aromatic heterocycles. The Bertz CT molecular complexity index is 704. The van der Waals surface area contributed by atoms with Crippen molar-refractivity contribution in [2.45, 2.75) is 51.1 Å². The van der Waals surface area contributed by atoms with Gasteiger partial charge >= 0.3 is 21.6 Å². The summed E-state index contributed by atoms with van der Waals surface area (Å²) >= 11 is 0. The largest absolute Gasteiger partial charge is 0.534 e. The zero-order chi connectivity index (χ0) is 19.0. The summed E-state index contributed by atoms with van der Waals surface area (Å²) in [6, 6.07) is 5.08. The molecule has 0 aliphatic carbocycles. The molecule has 0 amide bonds. The smallest absolute Gasteiger partial charge is 0.459 e. The third-order valence-electron chi connectivity index (χ3n) is 3.97. The zero-order valence-electron chi connectivity index (χ0n) is 13.9. The van der Waals surface area contributed by atoms with Crippen LogP contribution in [0.1, 0.15) is 40.2 Å². The SMILES string of the molecule is CC(=O)OC(C)(C)C(C)(C)c1ccc(OS(=O)(=O)C(F)(F)F)cc1. The van der Waals surface area contributed by atoms with Crippen LogP contribution in [0.4, 0.5) is 13.2 Å². The molecule has 1 aromatic rings. The van der Waals surface area contributed by atoms with Crippen LogP contribution in [0.3, 0.4) is 0 Å². The van der Waals surface area contributed by atoms with Crippen LogP contribution in [0.2, 0.25) is 0 Å². The highest BCUT2D eigenvalue weighted by atomic mass is 32.2. The standard InChI is InChI=1S/C15H19F3O5S/c1-10(19)22-14(4,5)13(2,3)11-6-8-12(9-7-11)23-24(20,21)15(16,17)18/h6-9H,1-5H3. The molecule has 0 spiro atoms. The van der Waals surface area contributed by atoms with Crippen molar-refractivity contribution in [3.8, 4) is 5.75 Å². The van der Waals surface area contributed by atoms with Crippen molar-refractivity contribution >= 4 is 16.1 Å². The van der Waals surface area contributed by atoms with Crippen LogP contribution in [-0.2, 0) is 25.1 Å². The third-order valence-corrected chi connectivity index (χ3v) is 4.95. The summed E-state index contributed by atoms with van der Waals surface area (Å²) in [5, 5.41) is 0. The third kappa shape index (κ3) is 4.19. The number of hydrogen-bond acceptors (Lipinski definition) is 5. The maximum atomic E-state index is 12.3. The van der Waals surface area contributed by atoms with Gasteiger partial charge in [0, 0.05) is 12.3 Å². The molecular weight excluding hydrogens is 349 g/mol. The molecule has 0 fully saturated rings. The van der Waals surface area contributed by atoms with Gasteiger partial charge in [0.1, 0.15) is 11.4 Å². The lowest BCUT2D eigenvalue weighted by Gasteiger charge is -2.41.